The molecule has 9 heteroatoms. The normalized spacial score (nSPS) is 12.8. The number of benzene rings is 2. The van der Waals surface area contributed by atoms with Crippen LogP contribution in [-0.4, -0.2) is 48.0 Å². The van der Waals surface area contributed by atoms with Gasteiger partial charge in [-0.1, -0.05) is 51.1 Å². The van der Waals surface area contributed by atoms with E-state index in [9.17, 15) is 9.59 Å². The van der Waals surface area contributed by atoms with Gasteiger partial charge in [-0.25, -0.2) is 4.98 Å². The van der Waals surface area contributed by atoms with Gasteiger partial charge in [-0.2, -0.15) is 0 Å². The van der Waals surface area contributed by atoms with E-state index in [1.807, 2.05) is 51.1 Å². The molecule has 2 amide bonds. The topological polar surface area (TPSA) is 117 Å². The number of ether oxygens (including phenoxy) is 3. The molecule has 0 saturated carbocycles. The van der Waals surface area contributed by atoms with Crippen molar-refractivity contribution in [2.24, 2.45) is 11.1 Å². The van der Waals surface area contributed by atoms with Crippen molar-refractivity contribution in [3.8, 4) is 17.2 Å². The predicted octanol–water partition coefficient (Wildman–Crippen LogP) is 3.57. The van der Waals surface area contributed by atoms with Gasteiger partial charge in [0.05, 0.1) is 27.5 Å². The lowest BCUT2D eigenvalue weighted by atomic mass is 9.67. The summed E-state index contributed by atoms with van der Waals surface area (Å²) in [4.78, 5) is 37.5. The van der Waals surface area contributed by atoms with Crippen molar-refractivity contribution in [3.63, 3.8) is 0 Å². The first-order valence-electron chi connectivity index (χ1n) is 11.3. The van der Waals surface area contributed by atoms with Gasteiger partial charge >= 0.3 is 0 Å². The Hall–Kier alpha value is -4.14. The molecule has 1 atom stereocenters. The van der Waals surface area contributed by atoms with Crippen molar-refractivity contribution in [3.05, 3.63) is 77.9 Å². The third-order valence-corrected chi connectivity index (χ3v) is 6.14. The number of carbonyl (C=O) groups excluding carboxylic acids is 2. The fourth-order valence-electron chi connectivity index (χ4n) is 4.59. The van der Waals surface area contributed by atoms with E-state index in [4.69, 9.17) is 19.9 Å². The van der Waals surface area contributed by atoms with Crippen molar-refractivity contribution < 1.29 is 23.8 Å². The number of rotatable bonds is 9. The Balaban J connectivity index is 2.41. The lowest BCUT2D eigenvalue weighted by molar-refractivity contribution is -0.137. The van der Waals surface area contributed by atoms with Crippen LogP contribution in [0.2, 0.25) is 0 Å². The van der Waals surface area contributed by atoms with E-state index in [1.165, 1.54) is 44.8 Å². The van der Waals surface area contributed by atoms with Crippen LogP contribution in [0, 0.1) is 5.41 Å². The summed E-state index contributed by atoms with van der Waals surface area (Å²) in [6.07, 6.45) is 4.27. The second-order valence-electron chi connectivity index (χ2n) is 9.21. The van der Waals surface area contributed by atoms with Gasteiger partial charge in [0.2, 0.25) is 11.7 Å². The summed E-state index contributed by atoms with van der Waals surface area (Å²) in [5.41, 5.74) is 4.97. The highest BCUT2D eigenvalue weighted by molar-refractivity contribution is 5.98. The minimum absolute atomic E-state index is 0.0765. The predicted molar refractivity (Wildman–Crippen MR) is 135 cm³/mol. The molecule has 2 aromatic carbocycles. The molecule has 190 valence electrons. The molecular weight excluding hydrogens is 460 g/mol. The average molecular weight is 493 g/mol. The van der Waals surface area contributed by atoms with Gasteiger partial charge < -0.3 is 24.8 Å². The van der Waals surface area contributed by atoms with Gasteiger partial charge in [-0.05, 0) is 28.7 Å². The van der Waals surface area contributed by atoms with Crippen LogP contribution < -0.4 is 19.9 Å². The molecule has 0 radical (unpaired) electrons. The number of primary amides is 1. The Bertz CT molecular complexity index is 1190. The van der Waals surface area contributed by atoms with Crippen molar-refractivity contribution in [2.75, 3.05) is 21.3 Å². The lowest BCUT2D eigenvalue weighted by Crippen LogP contribution is -2.63. The highest BCUT2D eigenvalue weighted by atomic mass is 16.5. The molecule has 0 aliphatic carbocycles. The minimum atomic E-state index is -1.66. The molecule has 3 rings (SSSR count). The number of amides is 2. The molecular formula is C27H32N4O5. The standard InChI is InChI=1S/C27H32N4O5/c1-26(2,3)27(25(28)33,19-14-21(34-4)23(36-6)22(15-19)35-5)31(17-18-10-8-7-9-11-18)24(32)20-16-29-12-13-30-20/h7-16H,17H2,1-6H3,(H2,28,33). The molecule has 0 aliphatic heterocycles. The van der Waals surface area contributed by atoms with E-state index in [1.54, 1.807) is 12.1 Å². The number of hydrogen-bond acceptors (Lipinski definition) is 7. The first-order valence-corrected chi connectivity index (χ1v) is 11.3. The second kappa shape index (κ2) is 10.6. The fourth-order valence-corrected chi connectivity index (χ4v) is 4.59. The second-order valence-corrected chi connectivity index (χ2v) is 9.21. The van der Waals surface area contributed by atoms with Crippen LogP contribution in [0.5, 0.6) is 17.2 Å². The van der Waals surface area contributed by atoms with E-state index in [2.05, 4.69) is 9.97 Å². The summed E-state index contributed by atoms with van der Waals surface area (Å²) in [6, 6.07) is 12.7. The third kappa shape index (κ3) is 4.68. The number of nitrogens with two attached hydrogens (primary N) is 1. The highest BCUT2D eigenvalue weighted by Gasteiger charge is 2.56. The van der Waals surface area contributed by atoms with Gasteiger partial charge in [0.15, 0.2) is 17.0 Å². The summed E-state index contributed by atoms with van der Waals surface area (Å²) in [5, 5.41) is 0. The highest BCUT2D eigenvalue weighted by Crippen LogP contribution is 2.50. The molecule has 0 saturated heterocycles. The zero-order valence-electron chi connectivity index (χ0n) is 21.4. The van der Waals surface area contributed by atoms with Crippen molar-refractivity contribution in [1.82, 2.24) is 14.9 Å². The average Bonchev–Trinajstić information content (AvgIpc) is 2.87. The Kier molecular flexibility index (Phi) is 7.82. The molecule has 3 aromatic rings. The van der Waals surface area contributed by atoms with Crippen LogP contribution in [0.15, 0.2) is 61.1 Å². The van der Waals surface area contributed by atoms with Crippen molar-refractivity contribution >= 4 is 11.8 Å². The molecule has 1 aromatic heterocycles. The van der Waals surface area contributed by atoms with Gasteiger partial charge in [0.1, 0.15) is 5.69 Å². The number of methoxy groups -OCH3 is 3. The van der Waals surface area contributed by atoms with Crippen LogP contribution in [0.4, 0.5) is 0 Å². The van der Waals surface area contributed by atoms with Crippen LogP contribution >= 0.6 is 0 Å². The first-order chi connectivity index (χ1) is 17.1. The maximum absolute atomic E-state index is 14.1. The quantitative estimate of drug-likeness (QED) is 0.485. The molecule has 0 fully saturated rings. The molecule has 0 bridgehead atoms. The van der Waals surface area contributed by atoms with E-state index < -0.39 is 22.8 Å². The zero-order chi connectivity index (χ0) is 26.5. The minimum Gasteiger partial charge on any atom is -0.493 e. The molecule has 1 unspecified atom stereocenters. The van der Waals surface area contributed by atoms with Gasteiger partial charge in [-0.3, -0.25) is 14.6 Å². The van der Waals surface area contributed by atoms with E-state index >= 15 is 0 Å². The zero-order valence-corrected chi connectivity index (χ0v) is 21.4. The van der Waals surface area contributed by atoms with Crippen LogP contribution in [0.3, 0.4) is 0 Å². The Morgan fingerprint density at radius 1 is 0.944 bits per heavy atom. The first kappa shape index (κ1) is 26.5. The number of carbonyl (C=O) groups is 2. The maximum Gasteiger partial charge on any atom is 0.275 e. The summed E-state index contributed by atoms with van der Waals surface area (Å²) in [6.45, 7) is 5.63. The Morgan fingerprint density at radius 2 is 1.56 bits per heavy atom. The van der Waals surface area contributed by atoms with Crippen molar-refractivity contribution in [2.45, 2.75) is 32.9 Å². The molecule has 0 aliphatic rings. The number of aromatic nitrogens is 2. The summed E-state index contributed by atoms with van der Waals surface area (Å²) in [7, 11) is 4.46. The number of nitrogens with zero attached hydrogens (tertiary/aromatic N) is 3. The SMILES string of the molecule is COc1cc(C(C(N)=O)(N(Cc2ccccc2)C(=O)c2cnccn2)C(C)(C)C)cc(OC)c1OC. The fraction of sp³-hybridized carbons (Fsp3) is 0.333. The Labute approximate surface area is 211 Å². The van der Waals surface area contributed by atoms with Gasteiger partial charge in [0.25, 0.3) is 5.91 Å². The third-order valence-electron chi connectivity index (χ3n) is 6.14. The van der Waals surface area contributed by atoms with Gasteiger partial charge in [-0.15, -0.1) is 0 Å². The lowest BCUT2D eigenvalue weighted by Gasteiger charge is -2.50. The summed E-state index contributed by atoms with van der Waals surface area (Å²) in [5.74, 6) is -0.223. The number of hydrogen-bond donors (Lipinski definition) is 1. The largest absolute Gasteiger partial charge is 0.493 e. The molecule has 2 N–H and O–H groups in total. The maximum atomic E-state index is 14.1. The van der Waals surface area contributed by atoms with Crippen LogP contribution in [0.1, 0.15) is 42.4 Å². The molecule has 0 spiro atoms. The molecule has 9 nitrogen and oxygen atoms in total. The van der Waals surface area contributed by atoms with E-state index in [0.29, 0.717) is 22.8 Å². The van der Waals surface area contributed by atoms with Crippen molar-refractivity contribution in [1.29, 1.82) is 0 Å². The smallest absolute Gasteiger partial charge is 0.275 e. The van der Waals surface area contributed by atoms with E-state index in [0.717, 1.165) is 5.56 Å². The Morgan fingerprint density at radius 3 is 2.00 bits per heavy atom. The molecule has 1 heterocycles. The monoisotopic (exact) mass is 492 g/mol. The van der Waals surface area contributed by atoms with E-state index in [-0.39, 0.29) is 12.2 Å². The van der Waals surface area contributed by atoms with Crippen LogP contribution in [-0.2, 0) is 16.9 Å². The van der Waals surface area contributed by atoms with Gasteiger partial charge in [0, 0.05) is 18.9 Å². The summed E-state index contributed by atoms with van der Waals surface area (Å²) >= 11 is 0. The summed E-state index contributed by atoms with van der Waals surface area (Å²) < 4.78 is 16.6. The van der Waals surface area contributed by atoms with Crippen LogP contribution in [0.25, 0.3) is 0 Å². The molecule has 36 heavy (non-hydrogen) atoms.